The molecule has 0 bridgehead atoms. The number of thiophene rings is 1. The number of hydrogen-bond acceptors (Lipinski definition) is 5. The van der Waals surface area contributed by atoms with Gasteiger partial charge in [-0.15, -0.1) is 11.3 Å². The normalized spacial score (nSPS) is 17.9. The van der Waals surface area contributed by atoms with Gasteiger partial charge in [-0.3, -0.25) is 14.5 Å². The van der Waals surface area contributed by atoms with Crippen molar-refractivity contribution in [2.45, 2.75) is 38.3 Å². The Labute approximate surface area is 199 Å². The zero-order valence-electron chi connectivity index (χ0n) is 19.2. The van der Waals surface area contributed by atoms with E-state index in [4.69, 9.17) is 4.42 Å². The van der Waals surface area contributed by atoms with E-state index in [1.54, 1.807) is 29.5 Å². The molecule has 33 heavy (non-hydrogen) atoms. The Bertz CT molecular complexity index is 1050. The van der Waals surface area contributed by atoms with Crippen LogP contribution in [0.15, 0.2) is 64.6 Å². The van der Waals surface area contributed by atoms with Crippen molar-refractivity contribution >= 4 is 23.2 Å². The molecule has 1 aliphatic rings. The number of furan rings is 1. The van der Waals surface area contributed by atoms with Gasteiger partial charge in [0.2, 0.25) is 5.91 Å². The molecule has 1 aromatic carbocycles. The van der Waals surface area contributed by atoms with Gasteiger partial charge in [-0.25, -0.2) is 0 Å². The summed E-state index contributed by atoms with van der Waals surface area (Å²) >= 11 is 1.58. The van der Waals surface area contributed by atoms with Crippen molar-refractivity contribution in [3.05, 3.63) is 81.9 Å². The summed E-state index contributed by atoms with van der Waals surface area (Å²) in [6.07, 6.45) is 3.90. The van der Waals surface area contributed by atoms with Crippen molar-refractivity contribution in [1.29, 1.82) is 0 Å². The van der Waals surface area contributed by atoms with Crippen LogP contribution in [0.3, 0.4) is 0 Å². The van der Waals surface area contributed by atoms with Gasteiger partial charge in [0, 0.05) is 30.6 Å². The number of unbranched alkanes of at least 4 members (excludes halogenated alkanes) is 1. The zero-order valence-corrected chi connectivity index (χ0v) is 20.0. The number of nitrogens with one attached hydrogen (secondary N) is 1. The highest BCUT2D eigenvalue weighted by molar-refractivity contribution is 7.10. The number of nitrogens with zero attached hydrogens (tertiary/aromatic N) is 2. The quantitative estimate of drug-likeness (QED) is 0.473. The second-order valence-corrected chi connectivity index (χ2v) is 9.42. The second kappa shape index (κ2) is 10.8. The van der Waals surface area contributed by atoms with E-state index in [-0.39, 0.29) is 17.9 Å². The highest BCUT2D eigenvalue weighted by atomic mass is 32.1. The van der Waals surface area contributed by atoms with Crippen LogP contribution >= 0.6 is 11.3 Å². The molecule has 0 radical (unpaired) electrons. The molecule has 0 spiro atoms. The van der Waals surface area contributed by atoms with Crippen molar-refractivity contribution in [3.8, 4) is 0 Å². The lowest BCUT2D eigenvalue weighted by atomic mass is 9.82. The topological polar surface area (TPSA) is 65.8 Å². The summed E-state index contributed by atoms with van der Waals surface area (Å²) in [5.41, 5.74) is 1.41. The van der Waals surface area contributed by atoms with E-state index >= 15 is 0 Å². The Hall–Kier alpha value is -2.90. The third kappa shape index (κ3) is 5.20. The average molecular weight is 466 g/mol. The lowest BCUT2D eigenvalue weighted by Crippen LogP contribution is -2.46. The standard InChI is InChI=1S/C26H31N3O3S/c1-3-4-14-29(18-19-9-7-16-32-19)15-13-27-25(30)23-20-10-5-6-11-21(20)26(31)28(2)24(23)22-12-8-17-33-22/h5-12,16-17,23-24H,3-4,13-15,18H2,1-2H3,(H,27,30)/t23-,24+/m1/s1. The molecule has 3 heterocycles. The van der Waals surface area contributed by atoms with Gasteiger partial charge in [-0.1, -0.05) is 37.6 Å². The largest absolute Gasteiger partial charge is 0.468 e. The highest BCUT2D eigenvalue weighted by Crippen LogP contribution is 2.43. The fourth-order valence-electron chi connectivity index (χ4n) is 4.49. The van der Waals surface area contributed by atoms with E-state index in [1.165, 1.54) is 0 Å². The Balaban J connectivity index is 1.50. The Morgan fingerprint density at radius 3 is 2.73 bits per heavy atom. The summed E-state index contributed by atoms with van der Waals surface area (Å²) in [7, 11) is 1.79. The molecule has 7 heteroatoms. The van der Waals surface area contributed by atoms with E-state index in [0.29, 0.717) is 12.1 Å². The zero-order chi connectivity index (χ0) is 23.2. The molecule has 0 unspecified atom stereocenters. The first kappa shape index (κ1) is 23.3. The van der Waals surface area contributed by atoms with Crippen molar-refractivity contribution in [3.63, 3.8) is 0 Å². The Morgan fingerprint density at radius 1 is 1.15 bits per heavy atom. The van der Waals surface area contributed by atoms with Crippen LogP contribution in [0.4, 0.5) is 0 Å². The molecule has 6 nitrogen and oxygen atoms in total. The van der Waals surface area contributed by atoms with E-state index < -0.39 is 5.92 Å². The van der Waals surface area contributed by atoms with Gasteiger partial charge in [0.1, 0.15) is 5.76 Å². The molecule has 2 atom stereocenters. The predicted octanol–water partition coefficient (Wildman–Crippen LogP) is 4.67. The monoisotopic (exact) mass is 465 g/mol. The van der Waals surface area contributed by atoms with Gasteiger partial charge in [-0.2, -0.15) is 0 Å². The molecule has 4 rings (SSSR count). The number of fused-ring (bicyclic) bond motifs is 1. The van der Waals surface area contributed by atoms with Gasteiger partial charge >= 0.3 is 0 Å². The van der Waals surface area contributed by atoms with Crippen LogP contribution in [0.5, 0.6) is 0 Å². The van der Waals surface area contributed by atoms with Gasteiger partial charge in [0.05, 0.1) is 24.8 Å². The molecule has 2 aromatic heterocycles. The highest BCUT2D eigenvalue weighted by Gasteiger charge is 2.42. The number of likely N-dealkylation sites (N-methyl/N-ethyl adjacent to an activating group) is 1. The molecular formula is C26H31N3O3S. The number of rotatable bonds is 10. The molecule has 1 N–H and O–H groups in total. The molecule has 174 valence electrons. The van der Waals surface area contributed by atoms with Crippen LogP contribution in [0.25, 0.3) is 0 Å². The van der Waals surface area contributed by atoms with Gasteiger partial charge in [0.15, 0.2) is 0 Å². The summed E-state index contributed by atoms with van der Waals surface area (Å²) < 4.78 is 5.52. The van der Waals surface area contributed by atoms with E-state index in [2.05, 4.69) is 17.1 Å². The lowest BCUT2D eigenvalue weighted by molar-refractivity contribution is -0.124. The fourth-order valence-corrected chi connectivity index (χ4v) is 5.40. The molecule has 0 fully saturated rings. The SMILES string of the molecule is CCCCN(CCNC(=O)[C@@H]1c2ccccc2C(=O)N(C)[C@H]1c1cccs1)Cc1ccco1. The summed E-state index contributed by atoms with van der Waals surface area (Å²) in [6.45, 7) is 5.13. The number of hydrogen-bond donors (Lipinski definition) is 1. The van der Waals surface area contributed by atoms with Crippen LogP contribution < -0.4 is 5.32 Å². The predicted molar refractivity (Wildman–Crippen MR) is 130 cm³/mol. The average Bonchev–Trinajstić information content (AvgIpc) is 3.54. The van der Waals surface area contributed by atoms with Crippen LogP contribution in [0.2, 0.25) is 0 Å². The van der Waals surface area contributed by atoms with Gasteiger partial charge < -0.3 is 14.6 Å². The van der Waals surface area contributed by atoms with E-state index in [9.17, 15) is 9.59 Å². The minimum atomic E-state index is -0.447. The van der Waals surface area contributed by atoms with Crippen molar-refractivity contribution in [2.24, 2.45) is 0 Å². The molecule has 2 amide bonds. The molecule has 0 saturated carbocycles. The number of carbonyl (C=O) groups excluding carboxylic acids is 2. The van der Waals surface area contributed by atoms with Crippen molar-refractivity contribution < 1.29 is 14.0 Å². The summed E-state index contributed by atoms with van der Waals surface area (Å²) in [6, 6.07) is 15.0. The maximum atomic E-state index is 13.5. The number of amides is 2. The fraction of sp³-hybridized carbons (Fsp3) is 0.385. The van der Waals surface area contributed by atoms with Crippen molar-refractivity contribution in [1.82, 2.24) is 15.1 Å². The van der Waals surface area contributed by atoms with E-state index in [1.807, 2.05) is 53.9 Å². The minimum absolute atomic E-state index is 0.0442. The third-order valence-electron chi connectivity index (χ3n) is 6.21. The van der Waals surface area contributed by atoms with E-state index in [0.717, 1.165) is 48.7 Å². The molecule has 0 aliphatic carbocycles. The summed E-state index contributed by atoms with van der Waals surface area (Å²) in [5.74, 6) is 0.388. The smallest absolute Gasteiger partial charge is 0.254 e. The van der Waals surface area contributed by atoms with Crippen LogP contribution in [-0.4, -0.2) is 48.3 Å². The van der Waals surface area contributed by atoms with Gasteiger partial charge in [0.25, 0.3) is 5.91 Å². The number of carbonyl (C=O) groups is 2. The summed E-state index contributed by atoms with van der Waals surface area (Å²) in [5, 5.41) is 5.15. The van der Waals surface area contributed by atoms with Gasteiger partial charge in [-0.05, 0) is 48.2 Å². The second-order valence-electron chi connectivity index (χ2n) is 8.44. The molecular weight excluding hydrogens is 434 g/mol. The molecule has 1 aliphatic heterocycles. The maximum absolute atomic E-state index is 13.5. The van der Waals surface area contributed by atoms with Crippen molar-refractivity contribution in [2.75, 3.05) is 26.7 Å². The third-order valence-corrected chi connectivity index (χ3v) is 7.15. The molecule has 3 aromatic rings. The van der Waals surface area contributed by atoms with Crippen LogP contribution in [-0.2, 0) is 11.3 Å². The Kier molecular flexibility index (Phi) is 7.62. The Morgan fingerprint density at radius 2 is 2.00 bits per heavy atom. The summed E-state index contributed by atoms with van der Waals surface area (Å²) in [4.78, 5) is 31.6. The minimum Gasteiger partial charge on any atom is -0.468 e. The maximum Gasteiger partial charge on any atom is 0.254 e. The first-order valence-electron chi connectivity index (χ1n) is 11.5. The molecule has 0 saturated heterocycles. The first-order valence-corrected chi connectivity index (χ1v) is 12.4. The number of benzene rings is 1. The van der Waals surface area contributed by atoms with Crippen LogP contribution in [0, 0.1) is 0 Å². The first-order chi connectivity index (χ1) is 16.1. The van der Waals surface area contributed by atoms with Crippen LogP contribution in [0.1, 0.15) is 58.3 Å². The lowest BCUT2D eigenvalue weighted by Gasteiger charge is -2.39.